The van der Waals surface area contributed by atoms with Gasteiger partial charge in [-0.3, -0.25) is 14.5 Å². The molecule has 1 atom stereocenters. The molecule has 1 fully saturated rings. The first-order valence-electron chi connectivity index (χ1n) is 11.4. The Hall–Kier alpha value is -3.13. The number of nitrogens with zero attached hydrogens (tertiary/aromatic N) is 2. The van der Waals surface area contributed by atoms with Crippen LogP contribution in [0.4, 0.5) is 5.69 Å². The second-order valence-corrected chi connectivity index (χ2v) is 9.83. The van der Waals surface area contributed by atoms with Gasteiger partial charge < -0.3 is 14.6 Å². The van der Waals surface area contributed by atoms with Crippen molar-refractivity contribution in [3.05, 3.63) is 53.0 Å². The van der Waals surface area contributed by atoms with Gasteiger partial charge in [-0.25, -0.2) is 4.79 Å². The van der Waals surface area contributed by atoms with E-state index < -0.39 is 11.5 Å². The lowest BCUT2D eigenvalue weighted by atomic mass is 9.93. The molecule has 0 radical (unpaired) electrons. The number of amides is 2. The van der Waals surface area contributed by atoms with E-state index in [0.717, 1.165) is 35.9 Å². The van der Waals surface area contributed by atoms with Crippen molar-refractivity contribution >= 4 is 45.0 Å². The minimum absolute atomic E-state index is 0.130. The highest BCUT2D eigenvalue weighted by atomic mass is 32.1. The quantitative estimate of drug-likeness (QED) is 0.568. The Balaban J connectivity index is 1.60. The van der Waals surface area contributed by atoms with Crippen molar-refractivity contribution < 1.29 is 19.1 Å². The lowest BCUT2D eigenvalue weighted by Gasteiger charge is -2.44. The number of anilines is 1. The Morgan fingerprint density at radius 1 is 1.21 bits per heavy atom. The van der Waals surface area contributed by atoms with Crippen molar-refractivity contribution in [2.75, 3.05) is 11.5 Å². The van der Waals surface area contributed by atoms with Crippen LogP contribution in [-0.4, -0.2) is 40.5 Å². The summed E-state index contributed by atoms with van der Waals surface area (Å²) < 4.78 is 7.11. The van der Waals surface area contributed by atoms with E-state index in [1.165, 1.54) is 0 Å². The lowest BCUT2D eigenvalue weighted by Crippen LogP contribution is -2.65. The number of fused-ring (bicyclic) bond motifs is 3. The number of nitrogens with one attached hydrogen (secondary N) is 1. The molecule has 2 aliphatic rings. The average molecular weight is 466 g/mol. The zero-order valence-electron chi connectivity index (χ0n) is 18.8. The normalized spacial score (nSPS) is 20.8. The molecule has 8 heteroatoms. The molecule has 3 heterocycles. The van der Waals surface area contributed by atoms with Crippen LogP contribution in [0.2, 0.25) is 0 Å². The monoisotopic (exact) mass is 465 g/mol. The van der Waals surface area contributed by atoms with Crippen molar-refractivity contribution in [2.45, 2.75) is 57.7 Å². The fraction of sp³-hybridized carbons (Fsp3) is 0.400. The van der Waals surface area contributed by atoms with Crippen LogP contribution < -0.4 is 10.2 Å². The molecule has 2 amide bonds. The van der Waals surface area contributed by atoms with Crippen LogP contribution in [0.3, 0.4) is 0 Å². The molecule has 33 heavy (non-hydrogen) atoms. The summed E-state index contributed by atoms with van der Waals surface area (Å²) in [5.74, 6) is -0.882. The third kappa shape index (κ3) is 3.62. The number of thiophene rings is 1. The molecule has 2 aromatic heterocycles. The highest BCUT2D eigenvalue weighted by molar-refractivity contribution is 7.16. The summed E-state index contributed by atoms with van der Waals surface area (Å²) in [6.45, 7) is 4.16. The van der Waals surface area contributed by atoms with Crippen LogP contribution in [0.15, 0.2) is 41.8 Å². The molecule has 0 bridgehead atoms. The number of benzene rings is 1. The number of rotatable bonds is 5. The predicted octanol–water partition coefficient (Wildman–Crippen LogP) is 4.36. The number of hydrogen-bond acceptors (Lipinski definition) is 5. The van der Waals surface area contributed by atoms with E-state index >= 15 is 0 Å². The topological polar surface area (TPSA) is 80.6 Å². The van der Waals surface area contributed by atoms with Crippen LogP contribution in [-0.2, 0) is 16.1 Å². The third-order valence-electron chi connectivity index (χ3n) is 6.68. The first kappa shape index (κ1) is 21.7. The molecule has 0 spiro atoms. The highest BCUT2D eigenvalue weighted by Crippen LogP contribution is 2.38. The van der Waals surface area contributed by atoms with E-state index in [-0.39, 0.29) is 24.5 Å². The van der Waals surface area contributed by atoms with Gasteiger partial charge in [0.25, 0.3) is 5.91 Å². The molecule has 172 valence electrons. The van der Waals surface area contributed by atoms with Crippen molar-refractivity contribution in [1.82, 2.24) is 9.88 Å². The minimum atomic E-state index is -1.16. The molecule has 0 saturated heterocycles. The van der Waals surface area contributed by atoms with Gasteiger partial charge in [-0.05, 0) is 62.4 Å². The third-order valence-corrected chi connectivity index (χ3v) is 7.63. The standard InChI is InChI=1S/C25H27N3O4S/c1-3-32-23(30)17-7-6-10-19(13-17)28-21(29)20-14-16-11-12-33-22(16)27(20)15-25(28,2)24(31)26-18-8-4-5-9-18/h6-7,10-14,18H,3-5,8-9,15H2,1-2H3,(H,26,31)/t25-/m1/s1. The fourth-order valence-corrected chi connectivity index (χ4v) is 5.90. The summed E-state index contributed by atoms with van der Waals surface area (Å²) in [7, 11) is 0. The van der Waals surface area contributed by atoms with Gasteiger partial charge in [0.15, 0.2) is 0 Å². The molecule has 1 aliphatic heterocycles. The Bertz CT molecular complexity index is 1240. The maximum Gasteiger partial charge on any atom is 0.338 e. The number of esters is 1. The first-order valence-corrected chi connectivity index (χ1v) is 12.3. The number of ether oxygens (including phenoxy) is 1. The van der Waals surface area contributed by atoms with Gasteiger partial charge in [-0.2, -0.15) is 0 Å². The molecule has 3 aromatic rings. The number of carbonyl (C=O) groups excluding carboxylic acids is 3. The van der Waals surface area contributed by atoms with Crippen molar-refractivity contribution in [1.29, 1.82) is 0 Å². The molecule has 1 aromatic carbocycles. The van der Waals surface area contributed by atoms with E-state index in [9.17, 15) is 14.4 Å². The van der Waals surface area contributed by atoms with Gasteiger partial charge in [0.1, 0.15) is 16.1 Å². The predicted molar refractivity (Wildman–Crippen MR) is 128 cm³/mol. The minimum Gasteiger partial charge on any atom is -0.462 e. The Morgan fingerprint density at radius 3 is 2.76 bits per heavy atom. The number of carbonyl (C=O) groups is 3. The molecule has 0 unspecified atom stereocenters. The van der Waals surface area contributed by atoms with Gasteiger partial charge in [0.05, 0.1) is 18.7 Å². The maximum absolute atomic E-state index is 13.9. The van der Waals surface area contributed by atoms with Crippen LogP contribution >= 0.6 is 11.3 Å². The molecular formula is C25H27N3O4S. The average Bonchev–Trinajstić information content (AvgIpc) is 3.53. The molecule has 1 aliphatic carbocycles. The van der Waals surface area contributed by atoms with Gasteiger partial charge in [-0.15, -0.1) is 11.3 Å². The molecule has 1 N–H and O–H groups in total. The van der Waals surface area contributed by atoms with Crippen molar-refractivity contribution in [3.63, 3.8) is 0 Å². The summed E-state index contributed by atoms with van der Waals surface area (Å²) in [5, 5.41) is 6.18. The van der Waals surface area contributed by atoms with Gasteiger partial charge >= 0.3 is 5.97 Å². The second-order valence-electron chi connectivity index (χ2n) is 8.94. The van der Waals surface area contributed by atoms with Crippen LogP contribution in [0.1, 0.15) is 60.4 Å². The molecule has 1 saturated carbocycles. The smallest absolute Gasteiger partial charge is 0.338 e. The van der Waals surface area contributed by atoms with E-state index in [2.05, 4.69) is 5.32 Å². The van der Waals surface area contributed by atoms with E-state index in [4.69, 9.17) is 4.74 Å². The largest absolute Gasteiger partial charge is 0.462 e. The van der Waals surface area contributed by atoms with E-state index in [1.54, 1.807) is 47.4 Å². The molecule has 7 nitrogen and oxygen atoms in total. The molecule has 5 rings (SSSR count). The molecular weight excluding hydrogens is 438 g/mol. The summed E-state index contributed by atoms with van der Waals surface area (Å²) in [6.07, 6.45) is 4.11. The SMILES string of the molecule is CCOC(=O)c1cccc(N2C(=O)c3cc4ccsc4n3C[C@]2(C)C(=O)NC2CCCC2)c1. The second kappa shape index (κ2) is 8.33. The number of aromatic nitrogens is 1. The van der Waals surface area contributed by atoms with Crippen molar-refractivity contribution in [3.8, 4) is 0 Å². The highest BCUT2D eigenvalue weighted by Gasteiger charge is 2.49. The maximum atomic E-state index is 13.9. The summed E-state index contributed by atoms with van der Waals surface area (Å²) >= 11 is 1.56. The van der Waals surface area contributed by atoms with Crippen LogP contribution in [0.5, 0.6) is 0 Å². The summed E-state index contributed by atoms with van der Waals surface area (Å²) in [5.41, 5.74) is 0.244. The Labute approximate surface area is 196 Å². The summed E-state index contributed by atoms with van der Waals surface area (Å²) in [4.78, 5) is 42.5. The fourth-order valence-electron chi connectivity index (χ4n) is 5.00. The van der Waals surface area contributed by atoms with E-state index in [0.29, 0.717) is 23.5 Å². The van der Waals surface area contributed by atoms with Crippen LogP contribution in [0.25, 0.3) is 10.2 Å². The summed E-state index contributed by atoms with van der Waals surface area (Å²) in [6, 6.07) is 10.8. The zero-order valence-corrected chi connectivity index (χ0v) is 19.6. The number of hydrogen-bond donors (Lipinski definition) is 1. The van der Waals surface area contributed by atoms with Crippen molar-refractivity contribution in [2.24, 2.45) is 0 Å². The Morgan fingerprint density at radius 2 is 2.00 bits per heavy atom. The van der Waals surface area contributed by atoms with Gasteiger partial charge in [-0.1, -0.05) is 18.9 Å². The Kier molecular flexibility index (Phi) is 5.48. The van der Waals surface area contributed by atoms with Gasteiger partial charge in [0.2, 0.25) is 5.91 Å². The van der Waals surface area contributed by atoms with Crippen LogP contribution in [0, 0.1) is 0 Å². The van der Waals surface area contributed by atoms with E-state index in [1.807, 2.05) is 29.0 Å². The zero-order chi connectivity index (χ0) is 23.2. The van der Waals surface area contributed by atoms with Gasteiger partial charge in [0, 0.05) is 17.1 Å². The lowest BCUT2D eigenvalue weighted by molar-refractivity contribution is -0.127. The first-order chi connectivity index (χ1) is 15.9.